The van der Waals surface area contributed by atoms with Gasteiger partial charge in [-0.2, -0.15) is 0 Å². The lowest BCUT2D eigenvalue weighted by atomic mass is 10.3. The third-order valence-electron chi connectivity index (χ3n) is 2.44. The Balaban J connectivity index is 2.45. The first kappa shape index (κ1) is 15.8. The molecular formula is C12H6BrF4NO2S. The third-order valence-corrected chi connectivity index (χ3v) is 4.44. The van der Waals surface area contributed by atoms with Gasteiger partial charge in [0.25, 0.3) is 10.0 Å². The Morgan fingerprint density at radius 1 is 0.905 bits per heavy atom. The van der Waals surface area contributed by atoms with Crippen molar-refractivity contribution in [1.29, 1.82) is 0 Å². The molecule has 21 heavy (non-hydrogen) atoms. The summed E-state index contributed by atoms with van der Waals surface area (Å²) in [6, 6.07) is 3.09. The highest BCUT2D eigenvalue weighted by molar-refractivity contribution is 9.10. The van der Waals surface area contributed by atoms with Crippen LogP contribution in [0.1, 0.15) is 0 Å². The lowest BCUT2D eigenvalue weighted by molar-refractivity contribution is 0.550. The molecule has 0 fully saturated rings. The van der Waals surface area contributed by atoms with Crippen molar-refractivity contribution >= 4 is 31.6 Å². The van der Waals surface area contributed by atoms with E-state index in [1.54, 1.807) is 4.72 Å². The predicted molar refractivity (Wildman–Crippen MR) is 71.2 cm³/mol. The number of rotatable bonds is 3. The second-order valence-electron chi connectivity index (χ2n) is 3.93. The average Bonchev–Trinajstić information content (AvgIpc) is 2.35. The first-order chi connectivity index (χ1) is 9.70. The summed E-state index contributed by atoms with van der Waals surface area (Å²) in [4.78, 5) is -0.883. The van der Waals surface area contributed by atoms with Crippen molar-refractivity contribution in [1.82, 2.24) is 0 Å². The molecule has 0 spiro atoms. The van der Waals surface area contributed by atoms with E-state index in [0.717, 1.165) is 6.07 Å². The van der Waals surface area contributed by atoms with Crippen LogP contribution in [-0.2, 0) is 10.0 Å². The quantitative estimate of drug-likeness (QED) is 0.647. The van der Waals surface area contributed by atoms with Gasteiger partial charge in [-0.25, -0.2) is 26.0 Å². The van der Waals surface area contributed by atoms with Crippen LogP contribution >= 0.6 is 15.9 Å². The zero-order valence-electron chi connectivity index (χ0n) is 10.0. The van der Waals surface area contributed by atoms with E-state index >= 15 is 0 Å². The Morgan fingerprint density at radius 2 is 1.57 bits per heavy atom. The van der Waals surface area contributed by atoms with Crippen LogP contribution in [-0.4, -0.2) is 8.42 Å². The largest absolute Gasteiger partial charge is 0.276 e. The van der Waals surface area contributed by atoms with E-state index in [4.69, 9.17) is 0 Å². The summed E-state index contributed by atoms with van der Waals surface area (Å²) in [5.41, 5.74) is -0.695. The number of benzene rings is 2. The fraction of sp³-hybridized carbons (Fsp3) is 0. The van der Waals surface area contributed by atoms with Crippen LogP contribution in [0.3, 0.4) is 0 Å². The van der Waals surface area contributed by atoms with Crippen molar-refractivity contribution in [2.24, 2.45) is 0 Å². The first-order valence-corrected chi connectivity index (χ1v) is 7.61. The fourth-order valence-corrected chi connectivity index (χ4v) is 2.93. The molecule has 0 bridgehead atoms. The van der Waals surface area contributed by atoms with E-state index < -0.39 is 43.9 Å². The van der Waals surface area contributed by atoms with Gasteiger partial charge in [0.15, 0.2) is 0 Å². The maximum atomic E-state index is 13.6. The highest BCUT2D eigenvalue weighted by Crippen LogP contribution is 2.26. The molecule has 3 nitrogen and oxygen atoms in total. The second kappa shape index (κ2) is 5.64. The van der Waals surface area contributed by atoms with Gasteiger partial charge in [-0.05, 0) is 34.1 Å². The highest BCUT2D eigenvalue weighted by atomic mass is 79.9. The zero-order chi connectivity index (χ0) is 15.8. The second-order valence-corrected chi connectivity index (χ2v) is 6.43. The summed E-state index contributed by atoms with van der Waals surface area (Å²) < 4.78 is 78.4. The van der Waals surface area contributed by atoms with Crippen molar-refractivity contribution < 1.29 is 26.0 Å². The van der Waals surface area contributed by atoms with Crippen molar-refractivity contribution in [2.45, 2.75) is 4.90 Å². The standard InChI is InChI=1S/C12H6BrF4NO2S/c13-7-4-9(16)11(5-8(7)15)18-21(19,20)12-2-1-6(14)3-10(12)17/h1-5,18H. The zero-order valence-corrected chi connectivity index (χ0v) is 12.4. The van der Waals surface area contributed by atoms with Crippen molar-refractivity contribution in [3.63, 3.8) is 0 Å². The molecule has 0 aromatic heterocycles. The number of halogens is 5. The molecule has 0 aliphatic heterocycles. The van der Waals surface area contributed by atoms with Gasteiger partial charge in [0, 0.05) is 12.1 Å². The van der Waals surface area contributed by atoms with E-state index in [0.29, 0.717) is 24.3 Å². The number of anilines is 1. The SMILES string of the molecule is O=S(=O)(Nc1cc(F)c(Br)cc1F)c1ccc(F)cc1F. The van der Waals surface area contributed by atoms with Crippen molar-refractivity contribution in [3.05, 3.63) is 58.1 Å². The van der Waals surface area contributed by atoms with Gasteiger partial charge in [-0.1, -0.05) is 0 Å². The molecule has 0 amide bonds. The minimum Gasteiger partial charge on any atom is -0.276 e. The molecule has 0 aliphatic rings. The Kier molecular flexibility index (Phi) is 4.24. The van der Waals surface area contributed by atoms with Crippen LogP contribution in [0.4, 0.5) is 23.2 Å². The molecule has 2 aromatic rings. The normalized spacial score (nSPS) is 11.5. The first-order valence-electron chi connectivity index (χ1n) is 5.33. The van der Waals surface area contributed by atoms with E-state index in [-0.39, 0.29) is 4.47 Å². The average molecular weight is 384 g/mol. The van der Waals surface area contributed by atoms with Crippen molar-refractivity contribution in [2.75, 3.05) is 4.72 Å². The Labute approximate surface area is 125 Å². The molecule has 0 aliphatic carbocycles. The number of sulfonamides is 1. The molecule has 0 atom stereocenters. The molecule has 9 heteroatoms. The summed E-state index contributed by atoms with van der Waals surface area (Å²) in [5, 5.41) is 0. The summed E-state index contributed by atoms with van der Waals surface area (Å²) in [6.07, 6.45) is 0. The topological polar surface area (TPSA) is 46.2 Å². The Morgan fingerprint density at radius 3 is 2.19 bits per heavy atom. The van der Waals surface area contributed by atoms with E-state index in [1.807, 2.05) is 0 Å². The molecule has 0 unspecified atom stereocenters. The van der Waals surface area contributed by atoms with E-state index in [2.05, 4.69) is 15.9 Å². The predicted octanol–water partition coefficient (Wildman–Crippen LogP) is 3.81. The fourth-order valence-electron chi connectivity index (χ4n) is 1.49. The number of nitrogens with one attached hydrogen (secondary N) is 1. The summed E-state index contributed by atoms with van der Waals surface area (Å²) in [7, 11) is -4.53. The minimum absolute atomic E-state index is 0.198. The molecule has 2 rings (SSSR count). The Hall–Kier alpha value is -1.61. The van der Waals surface area contributed by atoms with Crippen LogP contribution in [0, 0.1) is 23.3 Å². The van der Waals surface area contributed by atoms with Crippen LogP contribution in [0.25, 0.3) is 0 Å². The van der Waals surface area contributed by atoms with Crippen LogP contribution < -0.4 is 4.72 Å². The molecule has 0 heterocycles. The van der Waals surface area contributed by atoms with Crippen LogP contribution in [0.5, 0.6) is 0 Å². The third kappa shape index (κ3) is 3.35. The van der Waals surface area contributed by atoms with Gasteiger partial charge in [-0.3, -0.25) is 4.72 Å². The Bertz CT molecular complexity index is 811. The van der Waals surface area contributed by atoms with Gasteiger partial charge in [-0.15, -0.1) is 0 Å². The number of hydrogen-bond acceptors (Lipinski definition) is 2. The molecule has 112 valence electrons. The van der Waals surface area contributed by atoms with Crippen molar-refractivity contribution in [3.8, 4) is 0 Å². The van der Waals surface area contributed by atoms with Gasteiger partial charge in [0.2, 0.25) is 0 Å². The van der Waals surface area contributed by atoms with Gasteiger partial charge >= 0.3 is 0 Å². The maximum Gasteiger partial charge on any atom is 0.264 e. The lowest BCUT2D eigenvalue weighted by Crippen LogP contribution is -2.16. The molecule has 0 saturated heterocycles. The smallest absolute Gasteiger partial charge is 0.264 e. The highest BCUT2D eigenvalue weighted by Gasteiger charge is 2.22. The number of hydrogen-bond donors (Lipinski definition) is 1. The monoisotopic (exact) mass is 383 g/mol. The molecule has 1 N–H and O–H groups in total. The van der Waals surface area contributed by atoms with Gasteiger partial charge in [0.05, 0.1) is 10.2 Å². The van der Waals surface area contributed by atoms with Gasteiger partial charge in [0.1, 0.15) is 28.2 Å². The molecule has 0 radical (unpaired) electrons. The summed E-state index contributed by atoms with van der Waals surface area (Å²) >= 11 is 2.73. The van der Waals surface area contributed by atoms with Crippen LogP contribution in [0.15, 0.2) is 39.7 Å². The minimum atomic E-state index is -4.53. The van der Waals surface area contributed by atoms with E-state index in [9.17, 15) is 26.0 Å². The summed E-state index contributed by atoms with van der Waals surface area (Å²) in [5.74, 6) is -4.28. The molecule has 0 saturated carbocycles. The van der Waals surface area contributed by atoms with Gasteiger partial charge < -0.3 is 0 Å². The van der Waals surface area contributed by atoms with E-state index in [1.165, 1.54) is 0 Å². The molecular weight excluding hydrogens is 378 g/mol. The molecule has 2 aromatic carbocycles. The van der Waals surface area contributed by atoms with Crippen LogP contribution in [0.2, 0.25) is 0 Å². The summed E-state index contributed by atoms with van der Waals surface area (Å²) in [6.45, 7) is 0. The lowest BCUT2D eigenvalue weighted by Gasteiger charge is -2.10. The maximum absolute atomic E-state index is 13.6.